The summed E-state index contributed by atoms with van der Waals surface area (Å²) in [7, 11) is 0. The number of rotatable bonds is 7. The van der Waals surface area contributed by atoms with Gasteiger partial charge in [-0.25, -0.2) is 4.98 Å². The number of nitrogens with zero attached hydrogens (tertiary/aromatic N) is 2. The van der Waals surface area contributed by atoms with Gasteiger partial charge in [0.05, 0.1) is 11.8 Å². The first kappa shape index (κ1) is 17.5. The van der Waals surface area contributed by atoms with Crippen LogP contribution in [-0.4, -0.2) is 29.2 Å². The molecule has 1 atom stereocenters. The van der Waals surface area contributed by atoms with Gasteiger partial charge in [0, 0.05) is 31.3 Å². The minimum absolute atomic E-state index is 0.245. The Hall–Kier alpha value is -2.92. The quantitative estimate of drug-likeness (QED) is 0.656. The Balaban J connectivity index is 1.53. The van der Waals surface area contributed by atoms with Gasteiger partial charge in [-0.2, -0.15) is 4.98 Å². The Morgan fingerprint density at radius 1 is 0.926 bits per heavy atom. The zero-order chi connectivity index (χ0) is 18.3. The maximum atomic E-state index is 5.69. The molecule has 1 aliphatic heterocycles. The second-order valence-electron chi connectivity index (χ2n) is 6.68. The summed E-state index contributed by atoms with van der Waals surface area (Å²) in [4.78, 5) is 9.35. The molecule has 2 aromatic carbocycles. The zero-order valence-corrected chi connectivity index (χ0v) is 15.3. The SMILES string of the molecule is c1ccc(CNc2cc(-c3ccccc3)nc(NCC3CCCO3)n2)cc1. The average Bonchev–Trinajstić information content (AvgIpc) is 3.26. The largest absolute Gasteiger partial charge is 0.376 e. The monoisotopic (exact) mass is 360 g/mol. The van der Waals surface area contributed by atoms with E-state index in [1.165, 1.54) is 5.56 Å². The molecule has 0 aliphatic carbocycles. The molecule has 138 valence electrons. The summed E-state index contributed by atoms with van der Waals surface area (Å²) >= 11 is 0. The summed E-state index contributed by atoms with van der Waals surface area (Å²) in [5, 5.41) is 6.77. The van der Waals surface area contributed by atoms with Crippen molar-refractivity contribution >= 4 is 11.8 Å². The van der Waals surface area contributed by atoms with E-state index in [4.69, 9.17) is 9.72 Å². The lowest BCUT2D eigenvalue weighted by Gasteiger charge is -2.14. The normalized spacial score (nSPS) is 16.2. The number of benzene rings is 2. The lowest BCUT2D eigenvalue weighted by atomic mass is 10.1. The van der Waals surface area contributed by atoms with Crippen molar-refractivity contribution in [2.75, 3.05) is 23.8 Å². The number of nitrogens with one attached hydrogen (secondary N) is 2. The van der Waals surface area contributed by atoms with Gasteiger partial charge in [-0.1, -0.05) is 60.7 Å². The number of anilines is 2. The lowest BCUT2D eigenvalue weighted by Crippen LogP contribution is -2.20. The second-order valence-corrected chi connectivity index (χ2v) is 6.68. The molecule has 0 amide bonds. The fourth-order valence-corrected chi connectivity index (χ4v) is 3.17. The molecular weight excluding hydrogens is 336 g/mol. The molecule has 0 saturated carbocycles. The van der Waals surface area contributed by atoms with Crippen molar-refractivity contribution in [3.05, 3.63) is 72.3 Å². The summed E-state index contributed by atoms with van der Waals surface area (Å²) in [6, 6.07) is 22.5. The fraction of sp³-hybridized carbons (Fsp3) is 0.273. The van der Waals surface area contributed by atoms with Gasteiger partial charge in [-0.15, -0.1) is 0 Å². The van der Waals surface area contributed by atoms with Gasteiger partial charge in [-0.05, 0) is 18.4 Å². The Bertz CT molecular complexity index is 849. The molecule has 2 heterocycles. The van der Waals surface area contributed by atoms with Gasteiger partial charge in [-0.3, -0.25) is 0 Å². The Labute approximate surface area is 159 Å². The first-order chi connectivity index (χ1) is 13.4. The summed E-state index contributed by atoms with van der Waals surface area (Å²) in [6.07, 6.45) is 2.46. The smallest absolute Gasteiger partial charge is 0.225 e. The molecule has 1 fully saturated rings. The van der Waals surface area contributed by atoms with Crippen LogP contribution >= 0.6 is 0 Å². The van der Waals surface area contributed by atoms with E-state index in [0.29, 0.717) is 5.95 Å². The summed E-state index contributed by atoms with van der Waals surface area (Å²) in [5.41, 5.74) is 3.19. The van der Waals surface area contributed by atoms with E-state index < -0.39 is 0 Å². The highest BCUT2D eigenvalue weighted by Gasteiger charge is 2.16. The maximum absolute atomic E-state index is 5.69. The minimum atomic E-state index is 0.245. The van der Waals surface area contributed by atoms with Crippen molar-refractivity contribution in [1.82, 2.24) is 9.97 Å². The highest BCUT2D eigenvalue weighted by atomic mass is 16.5. The third-order valence-corrected chi connectivity index (χ3v) is 4.62. The van der Waals surface area contributed by atoms with Crippen LogP contribution < -0.4 is 10.6 Å². The third kappa shape index (κ3) is 4.83. The van der Waals surface area contributed by atoms with Crippen LogP contribution in [0.3, 0.4) is 0 Å². The molecule has 3 aromatic rings. The molecule has 2 N–H and O–H groups in total. The van der Waals surface area contributed by atoms with Crippen LogP contribution in [0.4, 0.5) is 11.8 Å². The van der Waals surface area contributed by atoms with Crippen molar-refractivity contribution in [3.63, 3.8) is 0 Å². The molecule has 1 aliphatic rings. The molecular formula is C22H24N4O. The van der Waals surface area contributed by atoms with E-state index in [-0.39, 0.29) is 6.10 Å². The van der Waals surface area contributed by atoms with Crippen LogP contribution in [-0.2, 0) is 11.3 Å². The molecule has 0 bridgehead atoms. The van der Waals surface area contributed by atoms with Crippen molar-refractivity contribution in [2.24, 2.45) is 0 Å². The third-order valence-electron chi connectivity index (χ3n) is 4.62. The van der Waals surface area contributed by atoms with Crippen molar-refractivity contribution in [2.45, 2.75) is 25.5 Å². The highest BCUT2D eigenvalue weighted by molar-refractivity contribution is 5.64. The van der Waals surface area contributed by atoms with Crippen LogP contribution in [0, 0.1) is 0 Å². The minimum Gasteiger partial charge on any atom is -0.376 e. The first-order valence-electron chi connectivity index (χ1n) is 9.44. The topological polar surface area (TPSA) is 59.1 Å². The molecule has 5 nitrogen and oxygen atoms in total. The van der Waals surface area contributed by atoms with E-state index in [2.05, 4.69) is 39.9 Å². The standard InChI is InChI=1S/C22H24N4O/c1-3-8-17(9-4-1)15-23-21-14-20(18-10-5-2-6-11-18)25-22(26-21)24-16-19-12-7-13-27-19/h1-6,8-11,14,19H,7,12-13,15-16H2,(H2,23,24,25,26). The van der Waals surface area contributed by atoms with Gasteiger partial charge in [0.2, 0.25) is 5.95 Å². The van der Waals surface area contributed by atoms with E-state index in [9.17, 15) is 0 Å². The van der Waals surface area contributed by atoms with E-state index in [1.54, 1.807) is 0 Å². The van der Waals surface area contributed by atoms with Crippen LogP contribution in [0.1, 0.15) is 18.4 Å². The van der Waals surface area contributed by atoms with Gasteiger partial charge in [0.25, 0.3) is 0 Å². The molecule has 4 rings (SSSR count). The molecule has 5 heteroatoms. The summed E-state index contributed by atoms with van der Waals surface area (Å²) in [6.45, 7) is 2.30. The summed E-state index contributed by atoms with van der Waals surface area (Å²) in [5.74, 6) is 1.44. The van der Waals surface area contributed by atoms with Crippen LogP contribution in [0.15, 0.2) is 66.7 Å². The molecule has 1 unspecified atom stereocenters. The van der Waals surface area contributed by atoms with Gasteiger partial charge < -0.3 is 15.4 Å². The van der Waals surface area contributed by atoms with E-state index in [0.717, 1.165) is 49.6 Å². The Kier molecular flexibility index (Phi) is 5.60. The average molecular weight is 360 g/mol. The number of hydrogen-bond acceptors (Lipinski definition) is 5. The molecule has 1 aromatic heterocycles. The Morgan fingerprint density at radius 3 is 2.44 bits per heavy atom. The highest BCUT2D eigenvalue weighted by Crippen LogP contribution is 2.22. The molecule has 0 spiro atoms. The van der Waals surface area contributed by atoms with Crippen LogP contribution in [0.5, 0.6) is 0 Å². The van der Waals surface area contributed by atoms with Crippen LogP contribution in [0.2, 0.25) is 0 Å². The lowest BCUT2D eigenvalue weighted by molar-refractivity contribution is 0.120. The molecule has 0 radical (unpaired) electrons. The summed E-state index contributed by atoms with van der Waals surface area (Å²) < 4.78 is 5.69. The number of aromatic nitrogens is 2. The molecule has 27 heavy (non-hydrogen) atoms. The van der Waals surface area contributed by atoms with Crippen molar-refractivity contribution < 1.29 is 4.74 Å². The zero-order valence-electron chi connectivity index (χ0n) is 15.3. The first-order valence-corrected chi connectivity index (χ1v) is 9.44. The number of hydrogen-bond donors (Lipinski definition) is 2. The van der Waals surface area contributed by atoms with Gasteiger partial charge >= 0.3 is 0 Å². The van der Waals surface area contributed by atoms with E-state index in [1.807, 2.05) is 42.5 Å². The molecule has 1 saturated heterocycles. The van der Waals surface area contributed by atoms with Crippen LogP contribution in [0.25, 0.3) is 11.3 Å². The van der Waals surface area contributed by atoms with Crippen molar-refractivity contribution in [3.8, 4) is 11.3 Å². The van der Waals surface area contributed by atoms with Gasteiger partial charge in [0.1, 0.15) is 5.82 Å². The number of ether oxygens (including phenoxy) is 1. The maximum Gasteiger partial charge on any atom is 0.225 e. The predicted molar refractivity (Wildman–Crippen MR) is 109 cm³/mol. The van der Waals surface area contributed by atoms with Crippen molar-refractivity contribution in [1.29, 1.82) is 0 Å². The predicted octanol–water partition coefficient (Wildman–Crippen LogP) is 4.35. The second kappa shape index (κ2) is 8.64. The Morgan fingerprint density at radius 2 is 1.70 bits per heavy atom. The van der Waals surface area contributed by atoms with Gasteiger partial charge in [0.15, 0.2) is 0 Å². The fourth-order valence-electron chi connectivity index (χ4n) is 3.17. The van der Waals surface area contributed by atoms with E-state index >= 15 is 0 Å².